The van der Waals surface area contributed by atoms with Gasteiger partial charge in [-0.2, -0.15) is 5.26 Å². The standard InChI is InChI=1S/C14H25NO4/c1-4-6-7-13(5-2)11-19-14(16)18-9-8-17-12(3)10-15/h12-13H,4-9,11H2,1-3H3. The molecule has 2 atom stereocenters. The summed E-state index contributed by atoms with van der Waals surface area (Å²) in [5.74, 6) is 0.405. The number of nitriles is 1. The average molecular weight is 271 g/mol. The van der Waals surface area contributed by atoms with E-state index in [1.54, 1.807) is 6.92 Å². The summed E-state index contributed by atoms with van der Waals surface area (Å²) in [5, 5.41) is 8.48. The van der Waals surface area contributed by atoms with Crippen molar-refractivity contribution in [2.24, 2.45) is 5.92 Å². The number of ether oxygens (including phenoxy) is 3. The summed E-state index contributed by atoms with van der Waals surface area (Å²) < 4.78 is 14.9. The molecule has 5 nitrogen and oxygen atoms in total. The van der Waals surface area contributed by atoms with Crippen molar-refractivity contribution in [3.05, 3.63) is 0 Å². The van der Waals surface area contributed by atoms with Crippen molar-refractivity contribution in [1.82, 2.24) is 0 Å². The zero-order chi connectivity index (χ0) is 14.5. The van der Waals surface area contributed by atoms with Crippen LogP contribution in [0.2, 0.25) is 0 Å². The van der Waals surface area contributed by atoms with Crippen LogP contribution in [-0.4, -0.2) is 32.1 Å². The molecule has 0 aromatic heterocycles. The van der Waals surface area contributed by atoms with Gasteiger partial charge in [-0.05, 0) is 19.3 Å². The quantitative estimate of drug-likeness (QED) is 0.450. The van der Waals surface area contributed by atoms with Crippen molar-refractivity contribution in [2.75, 3.05) is 19.8 Å². The van der Waals surface area contributed by atoms with E-state index in [9.17, 15) is 4.79 Å². The first-order valence-corrected chi connectivity index (χ1v) is 6.94. The molecule has 19 heavy (non-hydrogen) atoms. The zero-order valence-electron chi connectivity index (χ0n) is 12.2. The van der Waals surface area contributed by atoms with E-state index >= 15 is 0 Å². The fourth-order valence-corrected chi connectivity index (χ4v) is 1.51. The smallest absolute Gasteiger partial charge is 0.434 e. The molecule has 2 unspecified atom stereocenters. The molecule has 0 aromatic rings. The van der Waals surface area contributed by atoms with Crippen molar-refractivity contribution < 1.29 is 19.0 Å². The minimum Gasteiger partial charge on any atom is -0.434 e. The summed E-state index contributed by atoms with van der Waals surface area (Å²) in [6.07, 6.45) is 3.21. The Morgan fingerprint density at radius 2 is 2.00 bits per heavy atom. The molecule has 0 amide bonds. The number of rotatable bonds is 10. The number of carbonyl (C=O) groups excluding carboxylic acids is 1. The van der Waals surface area contributed by atoms with Gasteiger partial charge in [0.1, 0.15) is 12.7 Å². The van der Waals surface area contributed by atoms with Gasteiger partial charge in [0.15, 0.2) is 0 Å². The van der Waals surface area contributed by atoms with Crippen LogP contribution in [0.5, 0.6) is 0 Å². The highest BCUT2D eigenvalue weighted by atomic mass is 16.7. The van der Waals surface area contributed by atoms with Crippen LogP contribution in [0.1, 0.15) is 46.5 Å². The molecule has 0 N–H and O–H groups in total. The maximum atomic E-state index is 11.3. The Hall–Kier alpha value is -1.28. The van der Waals surface area contributed by atoms with E-state index in [4.69, 9.17) is 19.5 Å². The van der Waals surface area contributed by atoms with Gasteiger partial charge in [0.05, 0.1) is 19.3 Å². The molecule has 0 rings (SSSR count). The SMILES string of the molecule is CCCCC(CC)COC(=O)OCCOC(C)C#N. The molecule has 110 valence electrons. The Bertz CT molecular complexity index is 275. The summed E-state index contributed by atoms with van der Waals surface area (Å²) in [5.41, 5.74) is 0. The van der Waals surface area contributed by atoms with Gasteiger partial charge in [-0.15, -0.1) is 0 Å². The van der Waals surface area contributed by atoms with Crippen LogP contribution in [0.25, 0.3) is 0 Å². The van der Waals surface area contributed by atoms with E-state index in [1.165, 1.54) is 0 Å². The molecular formula is C14H25NO4. The van der Waals surface area contributed by atoms with E-state index < -0.39 is 12.3 Å². The summed E-state index contributed by atoms with van der Waals surface area (Å²) in [7, 11) is 0. The van der Waals surface area contributed by atoms with Crippen molar-refractivity contribution in [1.29, 1.82) is 5.26 Å². The molecule has 0 bridgehead atoms. The molecule has 0 saturated carbocycles. The van der Waals surface area contributed by atoms with E-state index in [-0.39, 0.29) is 13.2 Å². The van der Waals surface area contributed by atoms with Crippen LogP contribution in [0.3, 0.4) is 0 Å². The monoisotopic (exact) mass is 271 g/mol. The van der Waals surface area contributed by atoms with E-state index in [1.807, 2.05) is 6.07 Å². The Balaban J connectivity index is 3.60. The lowest BCUT2D eigenvalue weighted by atomic mass is 10.0. The largest absolute Gasteiger partial charge is 0.508 e. The Kier molecular flexibility index (Phi) is 11.0. The minimum atomic E-state index is -0.664. The topological polar surface area (TPSA) is 68.6 Å². The fraction of sp³-hybridized carbons (Fsp3) is 0.857. The van der Waals surface area contributed by atoms with E-state index in [2.05, 4.69) is 13.8 Å². The van der Waals surface area contributed by atoms with Gasteiger partial charge >= 0.3 is 6.16 Å². The van der Waals surface area contributed by atoms with Gasteiger partial charge in [0.2, 0.25) is 0 Å². The highest BCUT2D eigenvalue weighted by molar-refractivity contribution is 5.59. The van der Waals surface area contributed by atoms with Gasteiger partial charge in [0, 0.05) is 0 Å². The van der Waals surface area contributed by atoms with Crippen molar-refractivity contribution >= 4 is 6.16 Å². The molecule has 0 aliphatic carbocycles. The summed E-state index contributed by atoms with van der Waals surface area (Å²) in [6, 6.07) is 1.93. The van der Waals surface area contributed by atoms with Gasteiger partial charge in [0.25, 0.3) is 0 Å². The Morgan fingerprint density at radius 3 is 2.58 bits per heavy atom. The minimum absolute atomic E-state index is 0.108. The van der Waals surface area contributed by atoms with Crippen LogP contribution >= 0.6 is 0 Å². The third kappa shape index (κ3) is 10.3. The van der Waals surface area contributed by atoms with Gasteiger partial charge in [-0.1, -0.05) is 33.1 Å². The van der Waals surface area contributed by atoms with Crippen molar-refractivity contribution in [3.63, 3.8) is 0 Å². The van der Waals surface area contributed by atoms with Gasteiger partial charge in [-0.3, -0.25) is 0 Å². The number of hydrogen-bond donors (Lipinski definition) is 0. The summed E-state index contributed by atoms with van der Waals surface area (Å²) in [4.78, 5) is 11.3. The first-order valence-electron chi connectivity index (χ1n) is 6.94. The lowest BCUT2D eigenvalue weighted by Crippen LogP contribution is -2.18. The van der Waals surface area contributed by atoms with Crippen LogP contribution in [-0.2, 0) is 14.2 Å². The maximum Gasteiger partial charge on any atom is 0.508 e. The normalized spacial score (nSPS) is 13.4. The summed E-state index contributed by atoms with van der Waals surface area (Å²) in [6.45, 7) is 6.59. The molecule has 0 aliphatic heterocycles. The third-order valence-electron chi connectivity index (χ3n) is 2.83. The van der Waals surface area contributed by atoms with E-state index in [0.29, 0.717) is 12.5 Å². The number of nitrogens with zero attached hydrogens (tertiary/aromatic N) is 1. The molecular weight excluding hydrogens is 246 g/mol. The van der Waals surface area contributed by atoms with Gasteiger partial charge in [-0.25, -0.2) is 4.79 Å². The number of hydrogen-bond acceptors (Lipinski definition) is 5. The predicted octanol–water partition coefficient (Wildman–Crippen LogP) is 3.28. The number of carbonyl (C=O) groups is 1. The second kappa shape index (κ2) is 11.8. The highest BCUT2D eigenvalue weighted by Crippen LogP contribution is 2.13. The van der Waals surface area contributed by atoms with E-state index in [0.717, 1.165) is 25.7 Å². The van der Waals surface area contributed by atoms with Crippen molar-refractivity contribution in [2.45, 2.75) is 52.6 Å². The van der Waals surface area contributed by atoms with Gasteiger partial charge < -0.3 is 14.2 Å². The number of unbranched alkanes of at least 4 members (excludes halogenated alkanes) is 1. The maximum absolute atomic E-state index is 11.3. The second-order valence-electron chi connectivity index (χ2n) is 4.47. The Labute approximate surface area is 115 Å². The lowest BCUT2D eigenvalue weighted by molar-refractivity contribution is 0.0123. The summed E-state index contributed by atoms with van der Waals surface area (Å²) >= 11 is 0. The second-order valence-corrected chi connectivity index (χ2v) is 4.47. The molecule has 0 radical (unpaired) electrons. The van der Waals surface area contributed by atoms with Crippen LogP contribution in [0.4, 0.5) is 4.79 Å². The predicted molar refractivity (Wildman–Crippen MR) is 71.6 cm³/mol. The zero-order valence-corrected chi connectivity index (χ0v) is 12.2. The van der Waals surface area contributed by atoms with Crippen LogP contribution < -0.4 is 0 Å². The average Bonchev–Trinajstić information content (AvgIpc) is 2.43. The molecule has 0 aliphatic rings. The molecule has 0 heterocycles. The first-order chi connectivity index (χ1) is 9.13. The van der Waals surface area contributed by atoms with Crippen LogP contribution in [0.15, 0.2) is 0 Å². The molecule has 0 fully saturated rings. The molecule has 0 saturated heterocycles. The first kappa shape index (κ1) is 17.7. The molecule has 0 spiro atoms. The third-order valence-corrected chi connectivity index (χ3v) is 2.83. The van der Waals surface area contributed by atoms with Crippen molar-refractivity contribution in [3.8, 4) is 6.07 Å². The molecule has 0 aromatic carbocycles. The van der Waals surface area contributed by atoms with Crippen LogP contribution in [0, 0.1) is 17.2 Å². The fourth-order valence-electron chi connectivity index (χ4n) is 1.51. The Morgan fingerprint density at radius 1 is 1.26 bits per heavy atom. The highest BCUT2D eigenvalue weighted by Gasteiger charge is 2.10. The lowest BCUT2D eigenvalue weighted by Gasteiger charge is -2.14. The molecule has 5 heteroatoms.